The predicted molar refractivity (Wildman–Crippen MR) is 139 cm³/mol. The van der Waals surface area contributed by atoms with Gasteiger partial charge in [-0.3, -0.25) is 9.59 Å². The van der Waals surface area contributed by atoms with Gasteiger partial charge in [0.05, 0.1) is 16.2 Å². The first kappa shape index (κ1) is 26.9. The molecule has 3 rings (SSSR count). The van der Waals surface area contributed by atoms with Crippen molar-refractivity contribution in [3.8, 4) is 5.75 Å². The summed E-state index contributed by atoms with van der Waals surface area (Å²) in [6.45, 7) is 1.97. The molecule has 1 aromatic rings. The Morgan fingerprint density at radius 1 is 1.18 bits per heavy atom. The number of hydrogen-bond acceptors (Lipinski definition) is 5. The highest BCUT2D eigenvalue weighted by Gasteiger charge is 2.42. The Balaban J connectivity index is 1.95. The lowest BCUT2D eigenvalue weighted by atomic mass is 9.86. The molecule has 0 aromatic heterocycles. The van der Waals surface area contributed by atoms with Crippen molar-refractivity contribution in [3.05, 3.63) is 39.5 Å². The number of aliphatic hydroxyl groups is 2. The summed E-state index contributed by atoms with van der Waals surface area (Å²) < 4.78 is 7.11. The molecule has 1 aromatic carbocycles. The number of aliphatic hydroxyl groups excluding tert-OH is 2. The lowest BCUT2D eigenvalue weighted by molar-refractivity contribution is -0.142. The maximum atomic E-state index is 13.4. The van der Waals surface area contributed by atoms with E-state index in [0.717, 1.165) is 48.5 Å². The van der Waals surface area contributed by atoms with E-state index in [1.807, 2.05) is 36.1 Å². The van der Waals surface area contributed by atoms with E-state index >= 15 is 0 Å². The van der Waals surface area contributed by atoms with E-state index in [-0.39, 0.29) is 37.4 Å². The first-order valence-corrected chi connectivity index (χ1v) is 13.5. The molecular weight excluding hydrogens is 547 g/mol. The molecule has 0 aliphatic heterocycles. The van der Waals surface area contributed by atoms with Gasteiger partial charge in [0.2, 0.25) is 11.8 Å². The van der Waals surface area contributed by atoms with Gasteiger partial charge >= 0.3 is 0 Å². The summed E-state index contributed by atoms with van der Waals surface area (Å²) in [4.78, 5) is 28.2. The van der Waals surface area contributed by atoms with E-state index in [4.69, 9.17) is 9.84 Å². The number of halogens is 1. The number of amides is 2. The Morgan fingerprint density at radius 3 is 2.53 bits per heavy atom. The van der Waals surface area contributed by atoms with Gasteiger partial charge in [0, 0.05) is 31.0 Å². The van der Waals surface area contributed by atoms with Crippen LogP contribution in [0.25, 0.3) is 0 Å². The zero-order valence-corrected chi connectivity index (χ0v) is 22.1. The summed E-state index contributed by atoms with van der Waals surface area (Å²) in [5, 5.41) is 23.4. The zero-order valence-electron chi connectivity index (χ0n) is 19.9. The van der Waals surface area contributed by atoms with Gasteiger partial charge in [0.1, 0.15) is 18.0 Å². The van der Waals surface area contributed by atoms with E-state index in [1.165, 1.54) is 0 Å². The van der Waals surface area contributed by atoms with Crippen LogP contribution in [0.2, 0.25) is 0 Å². The normalized spacial score (nSPS) is 23.5. The number of rotatable bonds is 9. The highest BCUT2D eigenvalue weighted by molar-refractivity contribution is 14.1. The molecule has 3 N–H and O–H groups in total. The van der Waals surface area contributed by atoms with Crippen LogP contribution in [-0.4, -0.2) is 64.4 Å². The molecule has 2 aliphatic rings. The van der Waals surface area contributed by atoms with Gasteiger partial charge in [0.15, 0.2) is 0 Å². The number of carbonyl (C=O) groups is 2. The minimum Gasteiger partial charge on any atom is -0.482 e. The highest BCUT2D eigenvalue weighted by Crippen LogP contribution is 2.33. The summed E-state index contributed by atoms with van der Waals surface area (Å²) in [6, 6.07) is 7.04. The van der Waals surface area contributed by atoms with Crippen LogP contribution >= 0.6 is 22.6 Å². The SMILES string of the molecule is CCCC(=O)N(C1CCCCCC1)C1CC(C(=O)NCCO)=CC(Oc2ccccc2I)C1O. The van der Waals surface area contributed by atoms with Crippen molar-refractivity contribution in [1.29, 1.82) is 0 Å². The Labute approximate surface area is 216 Å². The highest BCUT2D eigenvalue weighted by atomic mass is 127. The monoisotopic (exact) mass is 584 g/mol. The smallest absolute Gasteiger partial charge is 0.247 e. The number of ether oxygens (including phenoxy) is 1. The fourth-order valence-corrected chi connectivity index (χ4v) is 5.49. The molecule has 2 aliphatic carbocycles. The largest absolute Gasteiger partial charge is 0.482 e. The van der Waals surface area contributed by atoms with Crippen molar-refractivity contribution in [3.63, 3.8) is 0 Å². The molecule has 1 fully saturated rings. The van der Waals surface area contributed by atoms with Gasteiger partial charge in [-0.05, 0) is 60.1 Å². The first-order chi connectivity index (χ1) is 16.5. The maximum Gasteiger partial charge on any atom is 0.247 e. The van der Waals surface area contributed by atoms with Crippen LogP contribution in [0.5, 0.6) is 5.75 Å². The van der Waals surface area contributed by atoms with E-state index < -0.39 is 18.2 Å². The van der Waals surface area contributed by atoms with Gasteiger partial charge in [-0.1, -0.05) is 44.7 Å². The minimum atomic E-state index is -0.963. The third-order valence-corrected chi connectivity index (χ3v) is 7.53. The molecule has 0 saturated heterocycles. The standard InChI is InChI=1S/C26H37IN2O5/c1-2-9-24(31)29(19-10-5-3-4-6-11-19)21-16-18(26(33)28-14-15-30)17-23(25(21)32)34-22-13-8-7-12-20(22)27/h7-8,12-13,17,19,21,23,25,30,32H,2-6,9-11,14-16H2,1H3,(H,28,33). The second kappa shape index (κ2) is 13.4. The van der Waals surface area contributed by atoms with Crippen molar-refractivity contribution < 1.29 is 24.5 Å². The van der Waals surface area contributed by atoms with Crippen molar-refractivity contribution in [2.45, 2.75) is 89.0 Å². The molecule has 188 valence electrons. The molecule has 0 radical (unpaired) electrons. The van der Waals surface area contributed by atoms with Gasteiger partial charge < -0.3 is 25.2 Å². The number of nitrogens with one attached hydrogen (secondary N) is 1. The third kappa shape index (κ3) is 6.95. The second-order valence-electron chi connectivity index (χ2n) is 9.14. The van der Waals surface area contributed by atoms with E-state index in [1.54, 1.807) is 6.08 Å². The molecule has 2 amide bonds. The number of carbonyl (C=O) groups excluding carboxylic acids is 2. The van der Waals surface area contributed by atoms with Crippen molar-refractivity contribution >= 4 is 34.4 Å². The van der Waals surface area contributed by atoms with Crippen LogP contribution in [0.15, 0.2) is 35.9 Å². The summed E-state index contributed by atoms with van der Waals surface area (Å²) >= 11 is 2.18. The maximum absolute atomic E-state index is 13.4. The van der Waals surface area contributed by atoms with Crippen LogP contribution in [0.4, 0.5) is 0 Å². The topological polar surface area (TPSA) is 99.1 Å². The van der Waals surface area contributed by atoms with Crippen LogP contribution in [-0.2, 0) is 9.59 Å². The minimum absolute atomic E-state index is 0.0310. The van der Waals surface area contributed by atoms with Gasteiger partial charge in [-0.15, -0.1) is 0 Å². The lowest BCUT2D eigenvalue weighted by Gasteiger charge is -2.44. The van der Waals surface area contributed by atoms with Gasteiger partial charge in [0.25, 0.3) is 0 Å². The van der Waals surface area contributed by atoms with Crippen LogP contribution in [0.3, 0.4) is 0 Å². The van der Waals surface area contributed by atoms with Crippen molar-refractivity contribution in [2.75, 3.05) is 13.2 Å². The third-order valence-electron chi connectivity index (χ3n) is 6.64. The Hall–Kier alpha value is -1.65. The summed E-state index contributed by atoms with van der Waals surface area (Å²) in [5.41, 5.74) is 0.475. The molecule has 1 saturated carbocycles. The molecular formula is C26H37IN2O5. The quantitative estimate of drug-likeness (QED) is 0.305. The fourth-order valence-electron chi connectivity index (χ4n) is 4.97. The Bertz CT molecular complexity index is 853. The first-order valence-electron chi connectivity index (χ1n) is 12.5. The Morgan fingerprint density at radius 2 is 1.88 bits per heavy atom. The zero-order chi connectivity index (χ0) is 24.5. The van der Waals surface area contributed by atoms with E-state index in [9.17, 15) is 14.7 Å². The lowest BCUT2D eigenvalue weighted by Crippen LogP contribution is -2.58. The summed E-state index contributed by atoms with van der Waals surface area (Å²) in [7, 11) is 0. The van der Waals surface area contributed by atoms with Crippen LogP contribution in [0.1, 0.15) is 64.7 Å². The molecule has 34 heavy (non-hydrogen) atoms. The molecule has 7 nitrogen and oxygen atoms in total. The van der Waals surface area contributed by atoms with Crippen LogP contribution < -0.4 is 10.1 Å². The summed E-state index contributed by atoms with van der Waals surface area (Å²) in [5.74, 6) is 0.356. The number of hydrogen-bond donors (Lipinski definition) is 3. The molecule has 0 bridgehead atoms. The number of para-hydroxylation sites is 1. The second-order valence-corrected chi connectivity index (χ2v) is 10.3. The average Bonchev–Trinajstić information content (AvgIpc) is 3.11. The molecule has 3 unspecified atom stereocenters. The average molecular weight is 584 g/mol. The van der Waals surface area contributed by atoms with E-state index in [2.05, 4.69) is 27.9 Å². The van der Waals surface area contributed by atoms with Crippen molar-refractivity contribution in [1.82, 2.24) is 10.2 Å². The molecule has 8 heteroatoms. The van der Waals surface area contributed by atoms with Gasteiger partial charge in [-0.25, -0.2) is 0 Å². The molecule has 0 spiro atoms. The molecule has 3 atom stereocenters. The Kier molecular flexibility index (Phi) is 10.7. The predicted octanol–water partition coefficient (Wildman–Crippen LogP) is 3.56. The number of benzene rings is 1. The van der Waals surface area contributed by atoms with Gasteiger partial charge in [-0.2, -0.15) is 0 Å². The molecule has 0 heterocycles. The van der Waals surface area contributed by atoms with E-state index in [0.29, 0.717) is 17.7 Å². The summed E-state index contributed by atoms with van der Waals surface area (Å²) in [6.07, 6.45) is 7.61. The van der Waals surface area contributed by atoms with Crippen molar-refractivity contribution in [2.24, 2.45) is 0 Å². The fraction of sp³-hybridized carbons (Fsp3) is 0.615. The van der Waals surface area contributed by atoms with Crippen LogP contribution in [0, 0.1) is 3.57 Å². The number of nitrogens with zero attached hydrogens (tertiary/aromatic N) is 1.